The summed E-state index contributed by atoms with van der Waals surface area (Å²) in [6.45, 7) is 0.969. The molecule has 0 saturated carbocycles. The molecule has 1 fully saturated rings. The average Bonchev–Trinajstić information content (AvgIpc) is 2.35. The van der Waals surface area contributed by atoms with Gasteiger partial charge in [0.15, 0.2) is 0 Å². The lowest BCUT2D eigenvalue weighted by Gasteiger charge is -2.19. The van der Waals surface area contributed by atoms with Crippen molar-refractivity contribution in [3.05, 3.63) is 0 Å². The van der Waals surface area contributed by atoms with Crippen molar-refractivity contribution in [2.45, 2.75) is 11.8 Å². The Morgan fingerprint density at radius 1 is 1.50 bits per heavy atom. The molecule has 1 heterocycles. The van der Waals surface area contributed by atoms with Gasteiger partial charge < -0.3 is 0 Å². The van der Waals surface area contributed by atoms with Crippen molar-refractivity contribution in [3.8, 4) is 0 Å². The Balaban J connectivity index is 2.71. The third-order valence-corrected chi connectivity index (χ3v) is 4.14. The highest BCUT2D eigenvalue weighted by Crippen LogP contribution is 2.18. The number of halogens is 1. The van der Waals surface area contributed by atoms with E-state index in [0.29, 0.717) is 13.1 Å². The summed E-state index contributed by atoms with van der Waals surface area (Å²) < 4.78 is 25.6. The van der Waals surface area contributed by atoms with Gasteiger partial charge in [-0.05, 0) is 6.42 Å². The molecular weight excluding hydrogens is 200 g/mol. The first kappa shape index (κ1) is 10.2. The maximum Gasteiger partial charge on any atom is 0.281 e. The van der Waals surface area contributed by atoms with Gasteiger partial charge in [0.2, 0.25) is 0 Å². The van der Waals surface area contributed by atoms with E-state index in [1.807, 2.05) is 0 Å². The third-order valence-electron chi connectivity index (χ3n) is 1.88. The van der Waals surface area contributed by atoms with Crippen LogP contribution in [0.3, 0.4) is 0 Å². The second-order valence-electron chi connectivity index (χ2n) is 3.03. The fraction of sp³-hybridized carbons (Fsp3) is 1.00. The summed E-state index contributed by atoms with van der Waals surface area (Å²) in [6.07, 6.45) is 0.745. The van der Waals surface area contributed by atoms with Gasteiger partial charge in [-0.3, -0.25) is 0 Å². The molecule has 0 amide bonds. The van der Waals surface area contributed by atoms with E-state index in [1.165, 1.54) is 22.7 Å². The van der Waals surface area contributed by atoms with E-state index in [-0.39, 0.29) is 5.38 Å². The van der Waals surface area contributed by atoms with E-state index in [4.69, 9.17) is 11.6 Å². The summed E-state index contributed by atoms with van der Waals surface area (Å²) in [5.74, 6) is 0. The zero-order valence-electron chi connectivity index (χ0n) is 7.20. The molecule has 0 N–H and O–H groups in total. The van der Waals surface area contributed by atoms with Crippen LogP contribution in [-0.2, 0) is 10.2 Å². The van der Waals surface area contributed by atoms with Crippen LogP contribution in [0.4, 0.5) is 0 Å². The SMILES string of the molecule is CN(C)S(=O)(=O)N1CCC(Cl)C1. The summed E-state index contributed by atoms with van der Waals surface area (Å²) in [5.41, 5.74) is 0. The Morgan fingerprint density at radius 3 is 2.42 bits per heavy atom. The van der Waals surface area contributed by atoms with Gasteiger partial charge >= 0.3 is 0 Å². The normalized spacial score (nSPS) is 26.8. The van der Waals surface area contributed by atoms with Crippen LogP contribution in [0.5, 0.6) is 0 Å². The third kappa shape index (κ3) is 1.90. The summed E-state index contributed by atoms with van der Waals surface area (Å²) in [5, 5.41) is -0.0280. The Hall–Kier alpha value is 0.160. The first-order chi connectivity index (χ1) is 5.44. The van der Waals surface area contributed by atoms with Gasteiger partial charge in [0.1, 0.15) is 0 Å². The lowest BCUT2D eigenvalue weighted by molar-refractivity contribution is 0.422. The molecule has 12 heavy (non-hydrogen) atoms. The first-order valence-electron chi connectivity index (χ1n) is 3.76. The number of hydrogen-bond acceptors (Lipinski definition) is 2. The Morgan fingerprint density at radius 2 is 2.08 bits per heavy atom. The Kier molecular flexibility index (Phi) is 2.98. The van der Waals surface area contributed by atoms with Crippen LogP contribution >= 0.6 is 11.6 Å². The molecule has 0 aromatic heterocycles. The Bertz CT molecular complexity index is 252. The molecule has 1 aliphatic rings. The number of rotatable bonds is 2. The molecule has 0 aromatic carbocycles. The predicted molar refractivity (Wildman–Crippen MR) is 48.4 cm³/mol. The lowest BCUT2D eigenvalue weighted by Crippen LogP contribution is -2.38. The predicted octanol–water partition coefficient (Wildman–Crippen LogP) is 0.106. The van der Waals surface area contributed by atoms with E-state index in [9.17, 15) is 8.42 Å². The monoisotopic (exact) mass is 212 g/mol. The highest BCUT2D eigenvalue weighted by Gasteiger charge is 2.31. The summed E-state index contributed by atoms with van der Waals surface area (Å²) >= 11 is 5.79. The number of nitrogens with zero attached hydrogens (tertiary/aromatic N) is 2. The summed E-state index contributed by atoms with van der Waals surface area (Å²) in [6, 6.07) is 0. The van der Waals surface area contributed by atoms with Crippen molar-refractivity contribution in [2.75, 3.05) is 27.2 Å². The van der Waals surface area contributed by atoms with E-state index < -0.39 is 10.2 Å². The van der Waals surface area contributed by atoms with Gasteiger partial charge in [-0.15, -0.1) is 11.6 Å². The van der Waals surface area contributed by atoms with Crippen LogP contribution in [0.1, 0.15) is 6.42 Å². The fourth-order valence-electron chi connectivity index (χ4n) is 1.13. The highest BCUT2D eigenvalue weighted by molar-refractivity contribution is 7.86. The lowest BCUT2D eigenvalue weighted by atomic mass is 10.4. The van der Waals surface area contributed by atoms with Gasteiger partial charge in [-0.25, -0.2) is 0 Å². The minimum Gasteiger partial charge on any atom is -0.195 e. The van der Waals surface area contributed by atoms with E-state index >= 15 is 0 Å². The highest BCUT2D eigenvalue weighted by atomic mass is 35.5. The fourth-order valence-corrected chi connectivity index (χ4v) is 2.64. The van der Waals surface area contributed by atoms with Crippen LogP contribution < -0.4 is 0 Å². The van der Waals surface area contributed by atoms with Gasteiger partial charge in [0.05, 0.1) is 0 Å². The topological polar surface area (TPSA) is 40.6 Å². The van der Waals surface area contributed by atoms with E-state index in [2.05, 4.69) is 0 Å². The average molecular weight is 213 g/mol. The molecule has 1 aliphatic heterocycles. The molecule has 4 nitrogen and oxygen atoms in total. The molecule has 0 radical (unpaired) electrons. The van der Waals surface area contributed by atoms with Gasteiger partial charge in [0, 0.05) is 32.6 Å². The molecule has 0 aromatic rings. The summed E-state index contributed by atoms with van der Waals surface area (Å²) in [7, 11) is -0.178. The van der Waals surface area contributed by atoms with Crippen molar-refractivity contribution in [1.29, 1.82) is 0 Å². The maximum atomic E-state index is 11.5. The molecule has 1 atom stereocenters. The van der Waals surface area contributed by atoms with Crippen LogP contribution in [0, 0.1) is 0 Å². The minimum absolute atomic E-state index is 0.0280. The molecule has 1 rings (SSSR count). The van der Waals surface area contributed by atoms with Crippen LogP contribution in [0.25, 0.3) is 0 Å². The van der Waals surface area contributed by atoms with Crippen LogP contribution in [0.2, 0.25) is 0 Å². The van der Waals surface area contributed by atoms with E-state index in [0.717, 1.165) is 6.42 Å². The smallest absolute Gasteiger partial charge is 0.195 e. The summed E-state index contributed by atoms with van der Waals surface area (Å²) in [4.78, 5) is 0. The van der Waals surface area contributed by atoms with Crippen LogP contribution in [-0.4, -0.2) is 49.6 Å². The standard InChI is InChI=1S/C6H13ClN2O2S/c1-8(2)12(10,11)9-4-3-6(7)5-9/h6H,3-5H2,1-2H3. The minimum atomic E-state index is -3.23. The van der Waals surface area contributed by atoms with Crippen LogP contribution in [0.15, 0.2) is 0 Å². The Labute approximate surface area is 78.3 Å². The molecule has 1 unspecified atom stereocenters. The van der Waals surface area contributed by atoms with Gasteiger partial charge in [-0.1, -0.05) is 0 Å². The van der Waals surface area contributed by atoms with Crippen molar-refractivity contribution in [1.82, 2.24) is 8.61 Å². The van der Waals surface area contributed by atoms with Crippen molar-refractivity contribution < 1.29 is 8.42 Å². The largest absolute Gasteiger partial charge is 0.281 e. The van der Waals surface area contributed by atoms with Gasteiger partial charge in [0.25, 0.3) is 10.2 Å². The molecule has 0 bridgehead atoms. The molecule has 0 aliphatic carbocycles. The molecule has 1 saturated heterocycles. The van der Waals surface area contributed by atoms with Crippen molar-refractivity contribution in [2.24, 2.45) is 0 Å². The van der Waals surface area contributed by atoms with Gasteiger partial charge in [-0.2, -0.15) is 17.0 Å². The maximum absolute atomic E-state index is 11.5. The quantitative estimate of drug-likeness (QED) is 0.610. The molecule has 6 heteroatoms. The first-order valence-corrected chi connectivity index (χ1v) is 5.59. The molecule has 72 valence electrons. The number of alkyl halides is 1. The zero-order valence-corrected chi connectivity index (χ0v) is 8.77. The van der Waals surface area contributed by atoms with Crippen molar-refractivity contribution >= 4 is 21.8 Å². The number of hydrogen-bond donors (Lipinski definition) is 0. The van der Waals surface area contributed by atoms with Crippen molar-refractivity contribution in [3.63, 3.8) is 0 Å². The molecule has 0 spiro atoms. The van der Waals surface area contributed by atoms with E-state index in [1.54, 1.807) is 0 Å². The zero-order chi connectivity index (χ0) is 9.35. The molecular formula is C6H13ClN2O2S. The second kappa shape index (κ2) is 3.49. The second-order valence-corrected chi connectivity index (χ2v) is 5.79.